The molecule has 55 heavy (non-hydrogen) atoms. The van der Waals surface area contributed by atoms with Crippen LogP contribution in [0.25, 0.3) is 0 Å². The highest BCUT2D eigenvalue weighted by Gasteiger charge is 2.17. The summed E-state index contributed by atoms with van der Waals surface area (Å²) < 4.78 is 0. The number of hydrogen-bond acceptors (Lipinski definition) is 3. The van der Waals surface area contributed by atoms with E-state index in [1.165, 1.54) is 38.5 Å². The molecule has 0 aromatic carbocycles. The van der Waals surface area contributed by atoms with Crippen LogP contribution in [0, 0.1) is 0 Å². The molecule has 0 bridgehead atoms. The van der Waals surface area contributed by atoms with Crippen LogP contribution in [0.15, 0.2) is 134 Å². The van der Waals surface area contributed by atoms with Crippen LogP contribution >= 0.6 is 0 Å². The second-order valence-electron chi connectivity index (χ2n) is 14.0. The molecule has 0 aliphatic heterocycles. The number of carbonyl (C=O) groups excluding carboxylic acids is 1. The van der Waals surface area contributed by atoms with E-state index in [4.69, 9.17) is 0 Å². The summed E-state index contributed by atoms with van der Waals surface area (Å²) in [5.41, 5.74) is 0. The molecule has 1 amide bonds. The Hall–Kier alpha value is -3.47. The third-order valence-electron chi connectivity index (χ3n) is 8.85. The van der Waals surface area contributed by atoms with Gasteiger partial charge in [0.2, 0.25) is 5.91 Å². The average molecular weight is 756 g/mol. The molecule has 0 saturated heterocycles. The van der Waals surface area contributed by atoms with Gasteiger partial charge in [-0.1, -0.05) is 186 Å². The first-order chi connectivity index (χ1) is 27.2. The summed E-state index contributed by atoms with van der Waals surface area (Å²) in [7, 11) is 0. The van der Waals surface area contributed by atoms with Crippen molar-refractivity contribution in [3.8, 4) is 0 Å². The summed E-state index contributed by atoms with van der Waals surface area (Å²) in [6, 6.07) is -0.662. The van der Waals surface area contributed by atoms with E-state index in [1.54, 1.807) is 6.08 Å². The first-order valence-corrected chi connectivity index (χ1v) is 21.9. The summed E-state index contributed by atoms with van der Waals surface area (Å²) in [5.74, 6) is -0.102. The van der Waals surface area contributed by atoms with Crippen molar-refractivity contribution in [3.05, 3.63) is 134 Å². The maximum Gasteiger partial charge on any atom is 0.220 e. The lowest BCUT2D eigenvalue weighted by atomic mass is 10.1. The molecule has 4 nitrogen and oxygen atoms in total. The van der Waals surface area contributed by atoms with E-state index in [2.05, 4.69) is 141 Å². The number of carbonyl (C=O) groups is 1. The van der Waals surface area contributed by atoms with Crippen LogP contribution in [0.5, 0.6) is 0 Å². The topological polar surface area (TPSA) is 69.6 Å². The smallest absolute Gasteiger partial charge is 0.220 e. The Morgan fingerprint density at radius 1 is 0.455 bits per heavy atom. The van der Waals surface area contributed by atoms with Gasteiger partial charge in [-0.15, -0.1) is 0 Å². The zero-order valence-electron chi connectivity index (χ0n) is 35.1. The van der Waals surface area contributed by atoms with Gasteiger partial charge in [0, 0.05) is 6.42 Å². The van der Waals surface area contributed by atoms with Crippen molar-refractivity contribution in [3.63, 3.8) is 0 Å². The van der Waals surface area contributed by atoms with E-state index in [1.807, 2.05) is 6.08 Å². The van der Waals surface area contributed by atoms with Crippen molar-refractivity contribution in [1.82, 2.24) is 5.32 Å². The Kier molecular flexibility index (Phi) is 42.1. The predicted molar refractivity (Wildman–Crippen MR) is 243 cm³/mol. The number of hydrogen-bond donors (Lipinski definition) is 3. The van der Waals surface area contributed by atoms with Crippen molar-refractivity contribution in [1.29, 1.82) is 0 Å². The molecule has 0 aromatic heterocycles. The van der Waals surface area contributed by atoms with E-state index >= 15 is 0 Å². The minimum absolute atomic E-state index is 0.102. The SMILES string of the molecule is CC/C=C\C/C=C\C/C=C\C/C=C\C/C=C\C/C=C\C/C=C\C/C=C\CCCCCCCCC(=O)NC(CO)C(O)/C=C/CC/C=C/CC/C=C/CCCC. The average Bonchev–Trinajstić information content (AvgIpc) is 3.19. The molecule has 0 spiro atoms. The largest absolute Gasteiger partial charge is 0.394 e. The Morgan fingerprint density at radius 2 is 0.818 bits per heavy atom. The van der Waals surface area contributed by atoms with Crippen LogP contribution in [0.1, 0.15) is 162 Å². The van der Waals surface area contributed by atoms with Gasteiger partial charge in [0.25, 0.3) is 0 Å². The van der Waals surface area contributed by atoms with Gasteiger partial charge in [0.15, 0.2) is 0 Å². The molecule has 0 aromatic rings. The van der Waals surface area contributed by atoms with Gasteiger partial charge in [-0.3, -0.25) is 4.79 Å². The van der Waals surface area contributed by atoms with Crippen LogP contribution in [0.3, 0.4) is 0 Å². The Morgan fingerprint density at radius 3 is 1.27 bits per heavy atom. The molecular weight excluding hydrogens is 675 g/mol. The minimum Gasteiger partial charge on any atom is -0.394 e. The molecule has 0 heterocycles. The molecule has 0 aliphatic carbocycles. The second-order valence-corrected chi connectivity index (χ2v) is 14.0. The molecule has 0 aliphatic rings. The maximum atomic E-state index is 12.4. The molecule has 2 atom stereocenters. The third-order valence-corrected chi connectivity index (χ3v) is 8.85. The highest BCUT2D eigenvalue weighted by Crippen LogP contribution is 2.10. The Bertz CT molecular complexity index is 1180. The summed E-state index contributed by atoms with van der Waals surface area (Å²) in [6.45, 7) is 4.09. The van der Waals surface area contributed by atoms with Gasteiger partial charge < -0.3 is 15.5 Å². The van der Waals surface area contributed by atoms with Gasteiger partial charge in [0.05, 0.1) is 18.8 Å². The lowest BCUT2D eigenvalue weighted by Crippen LogP contribution is -2.45. The van der Waals surface area contributed by atoms with Crippen molar-refractivity contribution < 1.29 is 15.0 Å². The van der Waals surface area contributed by atoms with E-state index in [-0.39, 0.29) is 12.5 Å². The van der Waals surface area contributed by atoms with Crippen molar-refractivity contribution in [2.75, 3.05) is 6.61 Å². The number of unbranched alkanes of at least 4 members (excludes halogenated alkanes) is 10. The summed E-state index contributed by atoms with van der Waals surface area (Å²) in [6.07, 6.45) is 71.3. The quantitative estimate of drug-likeness (QED) is 0.0437. The molecule has 308 valence electrons. The number of allylic oxidation sites excluding steroid dienone is 21. The fourth-order valence-corrected chi connectivity index (χ4v) is 5.50. The van der Waals surface area contributed by atoms with Gasteiger partial charge in [-0.2, -0.15) is 0 Å². The maximum absolute atomic E-state index is 12.4. The van der Waals surface area contributed by atoms with E-state index in [0.717, 1.165) is 103 Å². The van der Waals surface area contributed by atoms with Gasteiger partial charge in [0.1, 0.15) is 0 Å². The fourth-order valence-electron chi connectivity index (χ4n) is 5.50. The highest BCUT2D eigenvalue weighted by atomic mass is 16.3. The summed E-state index contributed by atoms with van der Waals surface area (Å²) in [5, 5.41) is 22.9. The molecule has 3 N–H and O–H groups in total. The molecule has 2 unspecified atom stereocenters. The standard InChI is InChI=1S/C51H81NO3/c1-3-5-7-9-11-13-15-17-18-19-20-21-22-23-24-25-26-27-28-29-30-31-32-33-34-35-37-39-41-43-45-47-51(55)52-49(48-53)50(54)46-44-42-40-38-36-16-14-12-10-8-6-4-2/h5,7,10-13,17-18,20-21,23-24,26-27,29-30,32-33,36,38,44,46,49-50,53-54H,3-4,6,8-9,14-16,19,22,25,28,31,34-35,37,39-43,45,47-48H2,1-2H3,(H,52,55)/b7-5-,12-10+,13-11-,18-17-,21-20-,24-23-,27-26-,30-29-,33-32-,38-36+,46-44+. The second kappa shape index (κ2) is 44.9. The van der Waals surface area contributed by atoms with Crippen molar-refractivity contribution in [2.24, 2.45) is 0 Å². The summed E-state index contributed by atoms with van der Waals surface area (Å²) >= 11 is 0. The molecule has 0 saturated carbocycles. The van der Waals surface area contributed by atoms with E-state index < -0.39 is 12.1 Å². The zero-order valence-corrected chi connectivity index (χ0v) is 35.1. The third kappa shape index (κ3) is 41.5. The fraction of sp³-hybridized carbons (Fsp3) is 0.549. The zero-order chi connectivity index (χ0) is 40.0. The van der Waals surface area contributed by atoms with E-state index in [9.17, 15) is 15.0 Å². The van der Waals surface area contributed by atoms with Crippen LogP contribution in [0.4, 0.5) is 0 Å². The van der Waals surface area contributed by atoms with Gasteiger partial charge in [-0.25, -0.2) is 0 Å². The summed E-state index contributed by atoms with van der Waals surface area (Å²) in [4.78, 5) is 12.4. The monoisotopic (exact) mass is 756 g/mol. The van der Waals surface area contributed by atoms with E-state index in [0.29, 0.717) is 6.42 Å². The number of aliphatic hydroxyl groups is 2. The lowest BCUT2D eigenvalue weighted by molar-refractivity contribution is -0.123. The van der Waals surface area contributed by atoms with Crippen LogP contribution in [0.2, 0.25) is 0 Å². The lowest BCUT2D eigenvalue weighted by Gasteiger charge is -2.19. The normalized spacial score (nSPS) is 14.3. The van der Waals surface area contributed by atoms with Crippen LogP contribution < -0.4 is 5.32 Å². The highest BCUT2D eigenvalue weighted by molar-refractivity contribution is 5.76. The number of rotatable bonds is 37. The first-order valence-electron chi connectivity index (χ1n) is 21.9. The van der Waals surface area contributed by atoms with Gasteiger partial charge in [-0.05, 0) is 103 Å². The van der Waals surface area contributed by atoms with Crippen LogP contribution in [-0.4, -0.2) is 34.9 Å². The Balaban J connectivity index is 3.73. The first kappa shape index (κ1) is 51.5. The van der Waals surface area contributed by atoms with Gasteiger partial charge >= 0.3 is 0 Å². The minimum atomic E-state index is -0.885. The molecular formula is C51H81NO3. The predicted octanol–water partition coefficient (Wildman–Crippen LogP) is 14.0. The molecule has 4 heteroatoms. The van der Waals surface area contributed by atoms with Crippen molar-refractivity contribution >= 4 is 5.91 Å². The van der Waals surface area contributed by atoms with Crippen molar-refractivity contribution in [2.45, 2.75) is 174 Å². The molecule has 0 radical (unpaired) electrons. The molecule has 0 rings (SSSR count). The number of aliphatic hydroxyl groups excluding tert-OH is 2. The Labute approximate surface area is 339 Å². The molecule has 0 fully saturated rings. The van der Waals surface area contributed by atoms with Crippen LogP contribution in [-0.2, 0) is 4.79 Å². The number of nitrogens with one attached hydrogen (secondary N) is 1. The number of amides is 1.